The molecule has 0 bridgehead atoms. The van der Waals surface area contributed by atoms with E-state index < -0.39 is 0 Å². The molecule has 1 N–H and O–H groups in total. The van der Waals surface area contributed by atoms with Crippen molar-refractivity contribution in [2.45, 2.75) is 32.8 Å². The van der Waals surface area contributed by atoms with Crippen LogP contribution in [0.1, 0.15) is 25.8 Å². The van der Waals surface area contributed by atoms with Gasteiger partial charge >= 0.3 is 0 Å². The average Bonchev–Trinajstić information content (AvgIpc) is 2.25. The molecule has 84 valence electrons. The number of ether oxygens (including phenoxy) is 1. The quantitative estimate of drug-likeness (QED) is 0.807. The molecule has 2 atom stereocenters. The third kappa shape index (κ3) is 3.20. The molecule has 1 aromatic rings. The molecule has 0 spiro atoms. The lowest BCUT2D eigenvalue weighted by Crippen LogP contribution is -2.18. The summed E-state index contributed by atoms with van der Waals surface area (Å²) in [5, 5.41) is 9.58. The first-order valence-corrected chi connectivity index (χ1v) is 5.35. The molecule has 15 heavy (non-hydrogen) atoms. The standard InChI is InChI=1S/C12H19NO2/c1-4-10(9(2)14)8-11-6-5-7-13-12(11)15-3/h5-7,9-10,14H,4,8H2,1-3H3. The van der Waals surface area contributed by atoms with Crippen LogP contribution in [0.25, 0.3) is 0 Å². The van der Waals surface area contributed by atoms with Crippen molar-refractivity contribution in [2.75, 3.05) is 7.11 Å². The van der Waals surface area contributed by atoms with Gasteiger partial charge in [0.2, 0.25) is 5.88 Å². The minimum Gasteiger partial charge on any atom is -0.481 e. The summed E-state index contributed by atoms with van der Waals surface area (Å²) in [7, 11) is 1.62. The number of rotatable bonds is 5. The first kappa shape index (κ1) is 12.0. The van der Waals surface area contributed by atoms with Gasteiger partial charge in [0, 0.05) is 11.8 Å². The Balaban J connectivity index is 2.78. The zero-order valence-electron chi connectivity index (χ0n) is 9.60. The smallest absolute Gasteiger partial charge is 0.216 e. The van der Waals surface area contributed by atoms with Crippen LogP contribution in [-0.4, -0.2) is 23.3 Å². The van der Waals surface area contributed by atoms with Gasteiger partial charge in [-0.2, -0.15) is 0 Å². The molecule has 0 fully saturated rings. The maximum atomic E-state index is 9.58. The van der Waals surface area contributed by atoms with Gasteiger partial charge in [-0.1, -0.05) is 19.4 Å². The van der Waals surface area contributed by atoms with Gasteiger partial charge in [-0.05, 0) is 25.3 Å². The molecule has 0 amide bonds. The highest BCUT2D eigenvalue weighted by Gasteiger charge is 2.15. The van der Waals surface area contributed by atoms with Crippen molar-refractivity contribution < 1.29 is 9.84 Å². The molecular formula is C12H19NO2. The summed E-state index contributed by atoms with van der Waals surface area (Å²) in [4.78, 5) is 4.14. The third-order valence-electron chi connectivity index (χ3n) is 2.73. The molecule has 0 aliphatic carbocycles. The fourth-order valence-corrected chi connectivity index (χ4v) is 1.70. The van der Waals surface area contributed by atoms with E-state index in [4.69, 9.17) is 4.74 Å². The maximum Gasteiger partial charge on any atom is 0.216 e. The van der Waals surface area contributed by atoms with E-state index in [0.717, 1.165) is 18.4 Å². The molecule has 3 nitrogen and oxygen atoms in total. The van der Waals surface area contributed by atoms with Crippen LogP contribution in [0.15, 0.2) is 18.3 Å². The molecule has 0 radical (unpaired) electrons. The Hall–Kier alpha value is -1.09. The topological polar surface area (TPSA) is 42.4 Å². The summed E-state index contributed by atoms with van der Waals surface area (Å²) in [5.41, 5.74) is 1.06. The number of hydrogen-bond donors (Lipinski definition) is 1. The Bertz CT molecular complexity index is 299. The molecular weight excluding hydrogens is 190 g/mol. The summed E-state index contributed by atoms with van der Waals surface area (Å²) >= 11 is 0. The molecule has 3 heteroatoms. The highest BCUT2D eigenvalue weighted by atomic mass is 16.5. The van der Waals surface area contributed by atoms with Crippen LogP contribution in [0.3, 0.4) is 0 Å². The van der Waals surface area contributed by atoms with E-state index in [9.17, 15) is 5.11 Å². The van der Waals surface area contributed by atoms with Crippen molar-refractivity contribution in [3.63, 3.8) is 0 Å². The van der Waals surface area contributed by atoms with Crippen LogP contribution in [0.2, 0.25) is 0 Å². The van der Waals surface area contributed by atoms with E-state index in [-0.39, 0.29) is 12.0 Å². The number of methoxy groups -OCH3 is 1. The Morgan fingerprint density at radius 2 is 2.27 bits per heavy atom. The molecule has 0 aliphatic heterocycles. The molecule has 0 saturated carbocycles. The first-order chi connectivity index (χ1) is 7.19. The number of hydrogen-bond acceptors (Lipinski definition) is 3. The summed E-state index contributed by atoms with van der Waals surface area (Å²) in [6.45, 7) is 3.91. The van der Waals surface area contributed by atoms with Crippen LogP contribution in [0.4, 0.5) is 0 Å². The molecule has 1 rings (SSSR count). The van der Waals surface area contributed by atoms with Gasteiger partial charge < -0.3 is 9.84 Å². The van der Waals surface area contributed by atoms with E-state index >= 15 is 0 Å². The fourth-order valence-electron chi connectivity index (χ4n) is 1.70. The van der Waals surface area contributed by atoms with Gasteiger partial charge in [-0.25, -0.2) is 4.98 Å². The van der Waals surface area contributed by atoms with Crippen LogP contribution in [0.5, 0.6) is 5.88 Å². The van der Waals surface area contributed by atoms with Crippen LogP contribution in [-0.2, 0) is 6.42 Å². The number of aromatic nitrogens is 1. The van der Waals surface area contributed by atoms with Crippen molar-refractivity contribution >= 4 is 0 Å². The van der Waals surface area contributed by atoms with Crippen molar-refractivity contribution in [1.82, 2.24) is 4.98 Å². The van der Waals surface area contributed by atoms with Crippen LogP contribution < -0.4 is 4.74 Å². The lowest BCUT2D eigenvalue weighted by atomic mass is 9.93. The van der Waals surface area contributed by atoms with Crippen molar-refractivity contribution in [2.24, 2.45) is 5.92 Å². The van der Waals surface area contributed by atoms with Crippen molar-refractivity contribution in [1.29, 1.82) is 0 Å². The van der Waals surface area contributed by atoms with Crippen LogP contribution >= 0.6 is 0 Å². The minimum atomic E-state index is -0.292. The van der Waals surface area contributed by atoms with Crippen molar-refractivity contribution in [3.05, 3.63) is 23.9 Å². The second kappa shape index (κ2) is 5.71. The van der Waals surface area contributed by atoms with E-state index in [1.54, 1.807) is 13.3 Å². The molecule has 0 saturated heterocycles. The SMILES string of the molecule is CCC(Cc1cccnc1OC)C(C)O. The third-order valence-corrected chi connectivity index (χ3v) is 2.73. The fraction of sp³-hybridized carbons (Fsp3) is 0.583. The number of aliphatic hydroxyl groups is 1. The Morgan fingerprint density at radius 3 is 2.80 bits per heavy atom. The van der Waals surface area contributed by atoms with Gasteiger partial charge in [0.15, 0.2) is 0 Å². The Labute approximate surface area is 91.1 Å². The molecule has 2 unspecified atom stereocenters. The zero-order chi connectivity index (χ0) is 11.3. The summed E-state index contributed by atoms with van der Waals surface area (Å²) in [6, 6.07) is 3.89. The summed E-state index contributed by atoms with van der Waals surface area (Å²) < 4.78 is 5.18. The number of nitrogens with zero attached hydrogens (tertiary/aromatic N) is 1. The van der Waals surface area contributed by atoms with Crippen molar-refractivity contribution in [3.8, 4) is 5.88 Å². The highest BCUT2D eigenvalue weighted by molar-refractivity contribution is 5.25. The van der Waals surface area contributed by atoms with Gasteiger partial charge in [-0.3, -0.25) is 0 Å². The van der Waals surface area contributed by atoms with Gasteiger partial charge in [0.05, 0.1) is 13.2 Å². The highest BCUT2D eigenvalue weighted by Crippen LogP contribution is 2.21. The zero-order valence-corrected chi connectivity index (χ0v) is 9.60. The van der Waals surface area contributed by atoms with Gasteiger partial charge in [0.25, 0.3) is 0 Å². The van der Waals surface area contributed by atoms with E-state index in [1.165, 1.54) is 0 Å². The molecule has 1 heterocycles. The predicted molar refractivity (Wildman–Crippen MR) is 60.0 cm³/mol. The minimum absolute atomic E-state index is 0.267. The second-order valence-corrected chi connectivity index (χ2v) is 3.78. The number of aliphatic hydroxyl groups excluding tert-OH is 1. The lowest BCUT2D eigenvalue weighted by molar-refractivity contribution is 0.122. The maximum absolute atomic E-state index is 9.58. The molecule has 0 aliphatic rings. The van der Waals surface area contributed by atoms with E-state index in [0.29, 0.717) is 5.88 Å². The van der Waals surface area contributed by atoms with Crippen LogP contribution in [0, 0.1) is 5.92 Å². The second-order valence-electron chi connectivity index (χ2n) is 3.78. The van der Waals surface area contributed by atoms with Gasteiger partial charge in [-0.15, -0.1) is 0 Å². The first-order valence-electron chi connectivity index (χ1n) is 5.35. The Morgan fingerprint density at radius 1 is 1.53 bits per heavy atom. The Kier molecular flexibility index (Phi) is 4.56. The molecule has 0 aromatic carbocycles. The summed E-state index contributed by atoms with van der Waals surface area (Å²) in [6.07, 6.45) is 3.19. The predicted octanol–water partition coefficient (Wildman–Crippen LogP) is 2.04. The largest absolute Gasteiger partial charge is 0.481 e. The summed E-state index contributed by atoms with van der Waals surface area (Å²) in [5.74, 6) is 0.930. The normalized spacial score (nSPS) is 14.7. The van der Waals surface area contributed by atoms with Gasteiger partial charge in [0.1, 0.15) is 0 Å². The van der Waals surface area contributed by atoms with E-state index in [2.05, 4.69) is 11.9 Å². The average molecular weight is 209 g/mol. The molecule has 1 aromatic heterocycles. The lowest BCUT2D eigenvalue weighted by Gasteiger charge is -2.18. The van der Waals surface area contributed by atoms with E-state index in [1.807, 2.05) is 19.1 Å². The monoisotopic (exact) mass is 209 g/mol. The number of pyridine rings is 1.